The molecule has 5 nitrogen and oxygen atoms in total. The molecule has 2 aromatic carbocycles. The van der Waals surface area contributed by atoms with Crippen molar-refractivity contribution in [1.82, 2.24) is 15.3 Å². The van der Waals surface area contributed by atoms with Gasteiger partial charge in [0.25, 0.3) is 5.91 Å². The molecule has 1 N–H and O–H groups in total. The zero-order valence-electron chi connectivity index (χ0n) is 13.7. The minimum absolute atomic E-state index is 0.123. The summed E-state index contributed by atoms with van der Waals surface area (Å²) >= 11 is 0. The molecule has 3 rings (SSSR count). The van der Waals surface area contributed by atoms with Gasteiger partial charge in [-0.15, -0.1) is 0 Å². The van der Waals surface area contributed by atoms with E-state index >= 15 is 0 Å². The number of aromatic nitrogens is 2. The monoisotopic (exact) mass is 321 g/mol. The molecule has 0 fully saturated rings. The molecule has 1 heterocycles. The zero-order valence-corrected chi connectivity index (χ0v) is 13.7. The Kier molecular flexibility index (Phi) is 4.70. The molecule has 1 aromatic heterocycles. The lowest BCUT2D eigenvalue weighted by Gasteiger charge is -2.14. The maximum atomic E-state index is 11.7. The highest BCUT2D eigenvalue weighted by Crippen LogP contribution is 2.22. The molecule has 1 amide bonds. The fourth-order valence-corrected chi connectivity index (χ4v) is 2.38. The van der Waals surface area contributed by atoms with Gasteiger partial charge in [-0.05, 0) is 50.2 Å². The van der Waals surface area contributed by atoms with Crippen LogP contribution >= 0.6 is 0 Å². The molecule has 0 saturated heterocycles. The summed E-state index contributed by atoms with van der Waals surface area (Å²) in [5, 5.41) is 2.74. The Balaban J connectivity index is 1.77. The van der Waals surface area contributed by atoms with Crippen molar-refractivity contribution < 1.29 is 9.53 Å². The second-order valence-corrected chi connectivity index (χ2v) is 5.42. The number of ether oxygens (including phenoxy) is 1. The number of carbonyl (C=O) groups excluding carboxylic acids is 1. The van der Waals surface area contributed by atoms with Crippen LogP contribution in [-0.2, 0) is 4.79 Å². The van der Waals surface area contributed by atoms with Crippen LogP contribution in [0, 0.1) is 0 Å². The summed E-state index contributed by atoms with van der Waals surface area (Å²) < 4.78 is 5.64. The second kappa shape index (κ2) is 7.08. The van der Waals surface area contributed by atoms with Crippen LogP contribution in [0.3, 0.4) is 0 Å². The largest absolute Gasteiger partial charge is 0.481 e. The topological polar surface area (TPSA) is 64.1 Å². The molecule has 3 aromatic rings. The van der Waals surface area contributed by atoms with Gasteiger partial charge in [-0.2, -0.15) is 0 Å². The van der Waals surface area contributed by atoms with E-state index in [-0.39, 0.29) is 5.91 Å². The van der Waals surface area contributed by atoms with E-state index in [1.165, 1.54) is 0 Å². The molecular weight excluding hydrogens is 302 g/mol. The minimum atomic E-state index is -0.531. The molecule has 0 spiro atoms. The summed E-state index contributed by atoms with van der Waals surface area (Å²) in [4.78, 5) is 20.8. The predicted molar refractivity (Wildman–Crippen MR) is 93.7 cm³/mol. The van der Waals surface area contributed by atoms with Crippen LogP contribution in [0.2, 0.25) is 0 Å². The highest BCUT2D eigenvalue weighted by atomic mass is 16.5. The third-order valence-corrected chi connectivity index (χ3v) is 3.63. The fourth-order valence-electron chi connectivity index (χ4n) is 2.38. The van der Waals surface area contributed by atoms with E-state index in [0.29, 0.717) is 12.3 Å². The van der Waals surface area contributed by atoms with Crippen molar-refractivity contribution >= 4 is 16.9 Å². The average molecular weight is 321 g/mol. The first-order valence-electron chi connectivity index (χ1n) is 7.94. The Bertz CT molecular complexity index is 847. The molecular formula is C19H19N3O2. The van der Waals surface area contributed by atoms with E-state index in [1.807, 2.05) is 55.5 Å². The summed E-state index contributed by atoms with van der Waals surface area (Å²) in [5.41, 5.74) is 3.49. The van der Waals surface area contributed by atoms with E-state index in [1.54, 1.807) is 13.1 Å². The molecule has 0 bridgehead atoms. The maximum Gasteiger partial charge on any atom is 0.260 e. The van der Waals surface area contributed by atoms with Gasteiger partial charge in [0.1, 0.15) is 5.75 Å². The molecule has 122 valence electrons. The number of carbonyl (C=O) groups is 1. The smallest absolute Gasteiger partial charge is 0.260 e. The van der Waals surface area contributed by atoms with Crippen molar-refractivity contribution in [3.63, 3.8) is 0 Å². The van der Waals surface area contributed by atoms with Crippen LogP contribution in [0.25, 0.3) is 22.3 Å². The van der Waals surface area contributed by atoms with Crippen LogP contribution in [0.4, 0.5) is 0 Å². The number of nitrogens with one attached hydrogen (secondary N) is 1. The number of hydrogen-bond donors (Lipinski definition) is 1. The third-order valence-electron chi connectivity index (χ3n) is 3.63. The van der Waals surface area contributed by atoms with Crippen LogP contribution in [0.1, 0.15) is 13.8 Å². The Hall–Kier alpha value is -2.95. The van der Waals surface area contributed by atoms with Gasteiger partial charge in [-0.3, -0.25) is 9.78 Å². The standard InChI is InChI=1S/C19H19N3O2/c1-3-20-19(23)13(2)24-15-10-8-14(9-11-15)18-12-21-16-6-4-5-7-17(16)22-18/h4-13H,3H2,1-2H3,(H,20,23)/t13-/m0/s1. The van der Waals surface area contributed by atoms with Crippen LogP contribution in [0.15, 0.2) is 54.7 Å². The number of fused-ring (bicyclic) bond motifs is 1. The zero-order chi connectivity index (χ0) is 16.9. The van der Waals surface area contributed by atoms with Crippen LogP contribution in [0.5, 0.6) is 5.75 Å². The summed E-state index contributed by atoms with van der Waals surface area (Å²) in [6, 6.07) is 15.3. The first kappa shape index (κ1) is 15.9. The van der Waals surface area contributed by atoms with Gasteiger partial charge in [0.2, 0.25) is 0 Å². The molecule has 0 radical (unpaired) electrons. The molecule has 0 unspecified atom stereocenters. The highest BCUT2D eigenvalue weighted by Gasteiger charge is 2.13. The normalized spacial score (nSPS) is 11.9. The maximum absolute atomic E-state index is 11.7. The minimum Gasteiger partial charge on any atom is -0.481 e. The SMILES string of the molecule is CCNC(=O)[C@H](C)Oc1ccc(-c2cnc3ccccc3n2)cc1. The van der Waals surface area contributed by atoms with Crippen molar-refractivity contribution in [1.29, 1.82) is 0 Å². The van der Waals surface area contributed by atoms with Crippen molar-refractivity contribution in [2.75, 3.05) is 6.54 Å². The van der Waals surface area contributed by atoms with Crippen molar-refractivity contribution in [2.45, 2.75) is 20.0 Å². The Morgan fingerprint density at radius 3 is 2.54 bits per heavy atom. The van der Waals surface area contributed by atoms with Gasteiger partial charge in [-0.25, -0.2) is 4.98 Å². The predicted octanol–water partition coefficient (Wildman–Crippen LogP) is 3.20. The number of nitrogens with zero attached hydrogens (tertiary/aromatic N) is 2. The van der Waals surface area contributed by atoms with Gasteiger partial charge >= 0.3 is 0 Å². The molecule has 24 heavy (non-hydrogen) atoms. The first-order valence-corrected chi connectivity index (χ1v) is 7.94. The molecule has 0 aliphatic carbocycles. The quantitative estimate of drug-likeness (QED) is 0.784. The van der Waals surface area contributed by atoms with E-state index < -0.39 is 6.10 Å². The van der Waals surface area contributed by atoms with Gasteiger partial charge < -0.3 is 10.1 Å². The Morgan fingerprint density at radius 1 is 1.12 bits per heavy atom. The second-order valence-electron chi connectivity index (χ2n) is 5.42. The molecule has 5 heteroatoms. The van der Waals surface area contributed by atoms with Gasteiger partial charge in [-0.1, -0.05) is 12.1 Å². The Labute approximate surface area is 140 Å². The van der Waals surface area contributed by atoms with Crippen molar-refractivity contribution in [3.05, 3.63) is 54.7 Å². The Morgan fingerprint density at radius 2 is 1.83 bits per heavy atom. The van der Waals surface area contributed by atoms with E-state index in [9.17, 15) is 4.79 Å². The van der Waals surface area contributed by atoms with Crippen LogP contribution in [-0.4, -0.2) is 28.5 Å². The summed E-state index contributed by atoms with van der Waals surface area (Å²) in [7, 11) is 0. The average Bonchev–Trinajstić information content (AvgIpc) is 2.62. The number of benzene rings is 2. The molecule has 0 aliphatic heterocycles. The molecule has 0 saturated carbocycles. The van der Waals surface area contributed by atoms with Crippen molar-refractivity contribution in [2.24, 2.45) is 0 Å². The van der Waals surface area contributed by atoms with E-state index in [4.69, 9.17) is 4.74 Å². The highest BCUT2D eigenvalue weighted by molar-refractivity contribution is 5.80. The van der Waals surface area contributed by atoms with E-state index in [0.717, 1.165) is 22.3 Å². The lowest BCUT2D eigenvalue weighted by molar-refractivity contribution is -0.127. The number of amides is 1. The van der Waals surface area contributed by atoms with E-state index in [2.05, 4.69) is 15.3 Å². The first-order chi connectivity index (χ1) is 11.7. The summed E-state index contributed by atoms with van der Waals surface area (Å²) in [6.07, 6.45) is 1.23. The number of hydrogen-bond acceptors (Lipinski definition) is 4. The van der Waals surface area contributed by atoms with Gasteiger partial charge in [0.05, 0.1) is 22.9 Å². The summed E-state index contributed by atoms with van der Waals surface area (Å²) in [6.45, 7) is 4.20. The fraction of sp³-hybridized carbons (Fsp3) is 0.211. The third kappa shape index (κ3) is 3.51. The van der Waals surface area contributed by atoms with Crippen LogP contribution < -0.4 is 10.1 Å². The number of rotatable bonds is 5. The molecule has 1 atom stereocenters. The van der Waals surface area contributed by atoms with Crippen molar-refractivity contribution in [3.8, 4) is 17.0 Å². The lowest BCUT2D eigenvalue weighted by Crippen LogP contribution is -2.36. The number of likely N-dealkylation sites (N-methyl/N-ethyl adjacent to an activating group) is 1. The lowest BCUT2D eigenvalue weighted by atomic mass is 10.1. The van der Waals surface area contributed by atoms with Gasteiger partial charge in [0, 0.05) is 12.1 Å². The molecule has 0 aliphatic rings. The number of para-hydroxylation sites is 2. The summed E-state index contributed by atoms with van der Waals surface area (Å²) in [5.74, 6) is 0.522. The van der Waals surface area contributed by atoms with Gasteiger partial charge in [0.15, 0.2) is 6.10 Å².